The fourth-order valence-corrected chi connectivity index (χ4v) is 10.6. The lowest BCUT2D eigenvalue weighted by molar-refractivity contribution is -0.161. The normalized spacial score (nSPS) is 32.3. The van der Waals surface area contributed by atoms with Gasteiger partial charge >= 0.3 is 18.0 Å². The van der Waals surface area contributed by atoms with Crippen LogP contribution in [0.25, 0.3) is 0 Å². The van der Waals surface area contributed by atoms with Gasteiger partial charge in [-0.05, 0) is 97.5 Å². The number of amides is 2. The topological polar surface area (TPSA) is 120 Å². The Labute approximate surface area is 305 Å². The summed E-state index contributed by atoms with van der Waals surface area (Å²) in [6, 6.07) is 8.37. The van der Waals surface area contributed by atoms with Crippen molar-refractivity contribution >= 4 is 23.9 Å². The van der Waals surface area contributed by atoms with Crippen LogP contribution in [0.2, 0.25) is 0 Å². The first-order valence-corrected chi connectivity index (χ1v) is 19.5. The summed E-state index contributed by atoms with van der Waals surface area (Å²) in [5.41, 5.74) is 2.29. The van der Waals surface area contributed by atoms with E-state index in [1.807, 2.05) is 30.3 Å². The van der Waals surface area contributed by atoms with Crippen molar-refractivity contribution in [3.05, 3.63) is 47.5 Å². The smallest absolute Gasteiger partial charge is 0.407 e. The number of hydrogen-bond acceptors (Lipinski definition) is 7. The SMILES string of the molecule is CC(=O)OC1C=C2CC(OC(=O)C(C)NC(=O)CNC(=O)OCc3ccccc3)CCC2(C)C2CCC3(C)C(C(C)CCCC(C)C)CCC3C12. The number of nitrogens with one attached hydrogen (secondary N) is 2. The van der Waals surface area contributed by atoms with Crippen molar-refractivity contribution in [1.29, 1.82) is 0 Å². The average molecular weight is 707 g/mol. The Balaban J connectivity index is 1.18. The summed E-state index contributed by atoms with van der Waals surface area (Å²) in [6.07, 6.45) is 11.8. The summed E-state index contributed by atoms with van der Waals surface area (Å²) in [6.45, 7) is 14.9. The van der Waals surface area contributed by atoms with Gasteiger partial charge in [-0.2, -0.15) is 0 Å². The molecule has 3 fully saturated rings. The van der Waals surface area contributed by atoms with Crippen molar-refractivity contribution in [1.82, 2.24) is 10.6 Å². The van der Waals surface area contributed by atoms with Crippen LogP contribution in [-0.2, 0) is 35.2 Å². The monoisotopic (exact) mass is 706 g/mol. The Morgan fingerprint density at radius 3 is 2.35 bits per heavy atom. The molecule has 1 aromatic carbocycles. The van der Waals surface area contributed by atoms with E-state index in [9.17, 15) is 19.2 Å². The Morgan fingerprint density at radius 2 is 1.65 bits per heavy atom. The summed E-state index contributed by atoms with van der Waals surface area (Å²) in [4.78, 5) is 50.2. The standard InChI is InChI=1S/C42H62N2O7/c1-26(2)12-11-13-27(3)33-16-17-34-38-35(19-21-42(33,34)7)41(6)20-18-32(22-31(41)23-36(38)50-29(5)45)51-39(47)28(4)44-37(46)24-43-40(48)49-25-30-14-9-8-10-15-30/h8-10,14-15,23,26-28,32-36,38H,11-13,16-22,24-25H2,1-7H3,(H,43,48)(H,44,46). The molecule has 1 aromatic rings. The molecule has 4 aliphatic rings. The van der Waals surface area contributed by atoms with Crippen molar-refractivity contribution in [2.75, 3.05) is 6.54 Å². The maximum absolute atomic E-state index is 13.1. The number of esters is 2. The lowest BCUT2D eigenvalue weighted by atomic mass is 9.46. The second-order valence-electron chi connectivity index (χ2n) is 17.0. The van der Waals surface area contributed by atoms with Gasteiger partial charge in [-0.1, -0.05) is 89.8 Å². The van der Waals surface area contributed by atoms with E-state index >= 15 is 0 Å². The van der Waals surface area contributed by atoms with E-state index in [2.05, 4.69) is 51.3 Å². The highest BCUT2D eigenvalue weighted by molar-refractivity contribution is 5.87. The molecule has 2 amide bonds. The summed E-state index contributed by atoms with van der Waals surface area (Å²) < 4.78 is 17.3. The average Bonchev–Trinajstić information content (AvgIpc) is 3.44. The summed E-state index contributed by atoms with van der Waals surface area (Å²) in [5, 5.41) is 5.05. The predicted octanol–water partition coefficient (Wildman–Crippen LogP) is 7.91. The molecule has 0 bridgehead atoms. The van der Waals surface area contributed by atoms with Crippen molar-refractivity contribution in [2.45, 2.75) is 138 Å². The molecule has 0 radical (unpaired) electrons. The van der Waals surface area contributed by atoms with Crippen LogP contribution in [0.3, 0.4) is 0 Å². The zero-order valence-electron chi connectivity index (χ0n) is 32.0. The third-order valence-corrected chi connectivity index (χ3v) is 13.2. The molecule has 9 heteroatoms. The van der Waals surface area contributed by atoms with Crippen molar-refractivity contribution in [2.24, 2.45) is 46.3 Å². The van der Waals surface area contributed by atoms with E-state index in [0.717, 1.165) is 30.7 Å². The van der Waals surface area contributed by atoms with Crippen LogP contribution >= 0.6 is 0 Å². The minimum atomic E-state index is -0.884. The number of benzene rings is 1. The molecule has 10 atom stereocenters. The predicted molar refractivity (Wildman–Crippen MR) is 196 cm³/mol. The van der Waals surface area contributed by atoms with E-state index in [1.54, 1.807) is 6.92 Å². The summed E-state index contributed by atoms with van der Waals surface area (Å²) in [5.74, 6) is 2.11. The summed E-state index contributed by atoms with van der Waals surface area (Å²) >= 11 is 0. The van der Waals surface area contributed by atoms with Crippen LogP contribution < -0.4 is 10.6 Å². The molecule has 3 saturated carbocycles. The van der Waals surface area contributed by atoms with Crippen molar-refractivity contribution < 1.29 is 33.4 Å². The van der Waals surface area contributed by atoms with Gasteiger partial charge in [-0.15, -0.1) is 0 Å². The first-order chi connectivity index (χ1) is 24.2. The van der Waals surface area contributed by atoms with Crippen LogP contribution in [-0.4, -0.2) is 48.7 Å². The summed E-state index contributed by atoms with van der Waals surface area (Å²) in [7, 11) is 0. The number of alkyl carbamates (subject to hydrolysis) is 1. The van der Waals surface area contributed by atoms with Gasteiger partial charge in [0, 0.05) is 19.3 Å². The lowest BCUT2D eigenvalue weighted by Gasteiger charge is -2.59. The van der Waals surface area contributed by atoms with Crippen LogP contribution in [0.5, 0.6) is 0 Å². The highest BCUT2D eigenvalue weighted by Crippen LogP contribution is 2.67. The van der Waals surface area contributed by atoms with E-state index in [-0.39, 0.29) is 42.2 Å². The number of carbonyl (C=O) groups excluding carboxylic acids is 4. The van der Waals surface area contributed by atoms with Gasteiger partial charge in [0.1, 0.15) is 31.4 Å². The molecule has 0 aliphatic heterocycles. The van der Waals surface area contributed by atoms with Crippen LogP contribution in [0.4, 0.5) is 4.79 Å². The van der Waals surface area contributed by atoms with Crippen molar-refractivity contribution in [3.8, 4) is 0 Å². The van der Waals surface area contributed by atoms with Gasteiger partial charge in [0.05, 0.1) is 0 Å². The van der Waals surface area contributed by atoms with E-state index in [4.69, 9.17) is 14.2 Å². The van der Waals surface area contributed by atoms with Gasteiger partial charge in [-0.25, -0.2) is 9.59 Å². The number of carbonyl (C=O) groups is 4. The van der Waals surface area contributed by atoms with Gasteiger partial charge < -0.3 is 24.8 Å². The van der Waals surface area contributed by atoms with Gasteiger partial charge in [0.2, 0.25) is 5.91 Å². The molecule has 282 valence electrons. The second kappa shape index (κ2) is 16.5. The molecular weight excluding hydrogens is 644 g/mol. The number of rotatable bonds is 13. The van der Waals surface area contributed by atoms with Crippen LogP contribution in [0, 0.1) is 46.3 Å². The number of fused-ring (bicyclic) bond motifs is 5. The van der Waals surface area contributed by atoms with Crippen LogP contribution in [0.15, 0.2) is 42.0 Å². The van der Waals surface area contributed by atoms with Gasteiger partial charge in [-0.3, -0.25) is 9.59 Å². The first kappa shape index (κ1) is 38.9. The molecule has 51 heavy (non-hydrogen) atoms. The zero-order valence-corrected chi connectivity index (χ0v) is 32.0. The quantitative estimate of drug-likeness (QED) is 0.122. The minimum Gasteiger partial charge on any atom is -0.461 e. The molecule has 9 nitrogen and oxygen atoms in total. The van der Waals surface area contributed by atoms with Gasteiger partial charge in [0.25, 0.3) is 0 Å². The Hall–Kier alpha value is -3.36. The Bertz CT molecular complexity index is 1430. The van der Waals surface area contributed by atoms with Gasteiger partial charge in [0.15, 0.2) is 0 Å². The molecule has 2 N–H and O–H groups in total. The third-order valence-electron chi connectivity index (χ3n) is 13.2. The van der Waals surface area contributed by atoms with Crippen molar-refractivity contribution in [3.63, 3.8) is 0 Å². The molecule has 5 rings (SSSR count). The first-order valence-electron chi connectivity index (χ1n) is 19.5. The maximum atomic E-state index is 13.1. The minimum absolute atomic E-state index is 0.0346. The molecule has 0 heterocycles. The molecule has 0 spiro atoms. The molecule has 4 aliphatic carbocycles. The fourth-order valence-electron chi connectivity index (χ4n) is 10.6. The fraction of sp³-hybridized carbons (Fsp3) is 0.714. The Morgan fingerprint density at radius 1 is 0.902 bits per heavy atom. The highest BCUT2D eigenvalue weighted by Gasteiger charge is 2.62. The number of hydrogen-bond donors (Lipinski definition) is 2. The number of ether oxygens (including phenoxy) is 3. The largest absolute Gasteiger partial charge is 0.461 e. The third kappa shape index (κ3) is 9.00. The molecule has 10 unspecified atom stereocenters. The molecule has 0 aromatic heterocycles. The van der Waals surface area contributed by atoms with Crippen LogP contribution in [0.1, 0.15) is 118 Å². The Kier molecular flexibility index (Phi) is 12.6. The van der Waals surface area contributed by atoms with E-state index in [0.29, 0.717) is 36.0 Å². The van der Waals surface area contributed by atoms with E-state index < -0.39 is 24.0 Å². The van der Waals surface area contributed by atoms with E-state index in [1.165, 1.54) is 51.0 Å². The maximum Gasteiger partial charge on any atom is 0.407 e. The second-order valence-corrected chi connectivity index (χ2v) is 17.0. The molecule has 0 saturated heterocycles. The highest BCUT2D eigenvalue weighted by atomic mass is 16.6. The molecular formula is C42H62N2O7. The lowest BCUT2D eigenvalue weighted by Crippen LogP contribution is -2.56. The zero-order chi connectivity index (χ0) is 36.9.